The van der Waals surface area contributed by atoms with Gasteiger partial charge in [-0.05, 0) is 63.9 Å². The Morgan fingerprint density at radius 2 is 2.17 bits per heavy atom. The molecule has 1 saturated heterocycles. The van der Waals surface area contributed by atoms with Gasteiger partial charge in [0.05, 0.1) is 11.6 Å². The first-order chi connectivity index (χ1) is 11.0. The Balaban J connectivity index is 1.83. The van der Waals surface area contributed by atoms with Gasteiger partial charge in [-0.1, -0.05) is 18.6 Å². The molecule has 1 aliphatic heterocycles. The lowest BCUT2D eigenvalue weighted by Crippen LogP contribution is -2.41. The van der Waals surface area contributed by atoms with Crippen molar-refractivity contribution in [2.75, 3.05) is 13.6 Å². The second-order valence-electron chi connectivity index (χ2n) is 6.79. The van der Waals surface area contributed by atoms with Gasteiger partial charge < -0.3 is 10.3 Å². The fourth-order valence-electron chi connectivity index (χ4n) is 3.75. The molecule has 1 amide bonds. The lowest BCUT2D eigenvalue weighted by molar-refractivity contribution is -0.125. The number of hydrogen-bond donors (Lipinski definition) is 2. The monoisotopic (exact) mass is 313 g/mol. The highest BCUT2D eigenvalue weighted by molar-refractivity contribution is 5.88. The molecule has 2 heterocycles. The van der Waals surface area contributed by atoms with E-state index >= 15 is 0 Å². The summed E-state index contributed by atoms with van der Waals surface area (Å²) in [6.45, 7) is 8.06. The number of carbonyl (C=O) groups is 1. The molecule has 2 aromatic rings. The Labute approximate surface area is 138 Å². The maximum absolute atomic E-state index is 12.4. The minimum Gasteiger partial charge on any atom is -0.358 e. The topological polar surface area (TPSA) is 48.1 Å². The molecular formula is C19H27N3O. The first-order valence-electron chi connectivity index (χ1n) is 8.60. The number of aryl methyl sites for hydroxylation is 3. The molecule has 1 fully saturated rings. The van der Waals surface area contributed by atoms with Gasteiger partial charge in [0, 0.05) is 17.6 Å². The largest absolute Gasteiger partial charge is 0.358 e. The van der Waals surface area contributed by atoms with E-state index in [0.29, 0.717) is 6.54 Å². The molecule has 1 atom stereocenters. The molecule has 1 aliphatic rings. The molecular weight excluding hydrogens is 286 g/mol. The number of nitrogens with one attached hydrogen (secondary N) is 2. The Morgan fingerprint density at radius 1 is 1.39 bits per heavy atom. The molecule has 0 radical (unpaired) electrons. The lowest BCUT2D eigenvalue weighted by atomic mass is 10.0. The van der Waals surface area contributed by atoms with Gasteiger partial charge in [-0.15, -0.1) is 0 Å². The van der Waals surface area contributed by atoms with Gasteiger partial charge in [0.25, 0.3) is 0 Å². The molecule has 23 heavy (non-hydrogen) atoms. The van der Waals surface area contributed by atoms with Crippen molar-refractivity contribution in [3.63, 3.8) is 0 Å². The Hall–Kier alpha value is -1.81. The van der Waals surface area contributed by atoms with Crippen LogP contribution in [-0.4, -0.2) is 35.4 Å². The number of hydrogen-bond acceptors (Lipinski definition) is 2. The summed E-state index contributed by atoms with van der Waals surface area (Å²) in [5, 5.41) is 4.42. The third kappa shape index (κ3) is 3.00. The standard InChI is InChI=1S/C19H27N3O/c1-5-16-13(3)15-10-12(2)9-14(18(15)21-16)11-20-19(23)17-7-6-8-22(17)4/h9-10,17,21H,5-8,11H2,1-4H3,(H,20,23)/t17-/m0/s1. The summed E-state index contributed by atoms with van der Waals surface area (Å²) < 4.78 is 0. The molecule has 0 unspecified atom stereocenters. The fraction of sp³-hybridized carbons (Fsp3) is 0.526. The van der Waals surface area contributed by atoms with Gasteiger partial charge >= 0.3 is 0 Å². The number of likely N-dealkylation sites (tertiary alicyclic amines) is 1. The minimum atomic E-state index is 0.0341. The molecule has 0 bridgehead atoms. The Morgan fingerprint density at radius 3 is 2.83 bits per heavy atom. The fourth-order valence-corrected chi connectivity index (χ4v) is 3.75. The molecule has 0 spiro atoms. The van der Waals surface area contributed by atoms with Gasteiger partial charge in [-0.3, -0.25) is 9.69 Å². The number of rotatable bonds is 4. The van der Waals surface area contributed by atoms with Crippen LogP contribution in [0.3, 0.4) is 0 Å². The summed E-state index contributed by atoms with van der Waals surface area (Å²) in [5.41, 5.74) is 6.20. The van der Waals surface area contributed by atoms with Crippen molar-refractivity contribution in [3.8, 4) is 0 Å². The molecule has 4 nitrogen and oxygen atoms in total. The second kappa shape index (κ2) is 6.36. The van der Waals surface area contributed by atoms with Crippen LogP contribution in [0.15, 0.2) is 12.1 Å². The number of aromatic amines is 1. The molecule has 3 rings (SSSR count). The number of amides is 1. The predicted molar refractivity (Wildman–Crippen MR) is 94.6 cm³/mol. The Bertz CT molecular complexity index is 732. The third-order valence-electron chi connectivity index (χ3n) is 5.13. The van der Waals surface area contributed by atoms with E-state index in [1.54, 1.807) is 0 Å². The van der Waals surface area contributed by atoms with Gasteiger partial charge in [-0.2, -0.15) is 0 Å². The Kier molecular flexibility index (Phi) is 4.44. The van der Waals surface area contributed by atoms with Crippen LogP contribution in [0.5, 0.6) is 0 Å². The molecule has 2 N–H and O–H groups in total. The van der Waals surface area contributed by atoms with Gasteiger partial charge in [0.15, 0.2) is 0 Å². The van der Waals surface area contributed by atoms with Gasteiger partial charge in [-0.25, -0.2) is 0 Å². The quantitative estimate of drug-likeness (QED) is 0.911. The third-order valence-corrected chi connectivity index (χ3v) is 5.13. The zero-order valence-corrected chi connectivity index (χ0v) is 14.6. The average molecular weight is 313 g/mol. The summed E-state index contributed by atoms with van der Waals surface area (Å²) >= 11 is 0. The van der Waals surface area contributed by atoms with Gasteiger partial charge in [0.1, 0.15) is 0 Å². The van der Waals surface area contributed by atoms with Gasteiger partial charge in [0.2, 0.25) is 5.91 Å². The summed E-state index contributed by atoms with van der Waals surface area (Å²) in [6.07, 6.45) is 3.07. The second-order valence-corrected chi connectivity index (χ2v) is 6.79. The number of H-pyrrole nitrogens is 1. The van der Waals surface area contributed by atoms with E-state index in [2.05, 4.69) is 48.1 Å². The summed E-state index contributed by atoms with van der Waals surface area (Å²) in [5.74, 6) is 0.152. The van der Waals surface area contributed by atoms with E-state index in [-0.39, 0.29) is 11.9 Å². The van der Waals surface area contributed by atoms with Crippen molar-refractivity contribution in [1.82, 2.24) is 15.2 Å². The van der Waals surface area contributed by atoms with Crippen LogP contribution in [0.4, 0.5) is 0 Å². The molecule has 4 heteroatoms. The molecule has 0 aliphatic carbocycles. The summed E-state index contributed by atoms with van der Waals surface area (Å²) in [6, 6.07) is 4.44. The molecule has 124 valence electrons. The first-order valence-corrected chi connectivity index (χ1v) is 8.60. The van der Waals surface area contributed by atoms with E-state index in [1.165, 1.54) is 33.3 Å². The number of fused-ring (bicyclic) bond motifs is 1. The number of benzene rings is 1. The zero-order chi connectivity index (χ0) is 16.6. The molecule has 1 aromatic carbocycles. The van der Waals surface area contributed by atoms with Crippen LogP contribution in [0.25, 0.3) is 10.9 Å². The van der Waals surface area contributed by atoms with Crippen LogP contribution >= 0.6 is 0 Å². The van der Waals surface area contributed by atoms with Crippen molar-refractivity contribution >= 4 is 16.8 Å². The summed E-state index contributed by atoms with van der Waals surface area (Å²) in [4.78, 5) is 18.1. The average Bonchev–Trinajstić information content (AvgIpc) is 3.09. The minimum absolute atomic E-state index is 0.0341. The smallest absolute Gasteiger partial charge is 0.237 e. The normalized spacial score (nSPS) is 18.7. The van der Waals surface area contributed by atoms with Crippen LogP contribution in [0.2, 0.25) is 0 Å². The predicted octanol–water partition coefficient (Wildman–Crippen LogP) is 3.06. The highest BCUT2D eigenvalue weighted by Gasteiger charge is 2.27. The van der Waals surface area contributed by atoms with Crippen LogP contribution < -0.4 is 5.32 Å². The SMILES string of the molecule is CCc1[nH]c2c(CNC(=O)[C@@H]3CCCN3C)cc(C)cc2c1C. The van der Waals surface area contributed by atoms with E-state index in [9.17, 15) is 4.79 Å². The number of likely N-dealkylation sites (N-methyl/N-ethyl adjacent to an activating group) is 1. The van der Waals surface area contributed by atoms with E-state index < -0.39 is 0 Å². The first kappa shape index (κ1) is 16.1. The lowest BCUT2D eigenvalue weighted by Gasteiger charge is -2.18. The number of nitrogens with zero attached hydrogens (tertiary/aromatic N) is 1. The van der Waals surface area contributed by atoms with Crippen LogP contribution in [0.1, 0.15) is 42.1 Å². The molecule has 0 saturated carbocycles. The number of carbonyl (C=O) groups excluding carboxylic acids is 1. The van der Waals surface area contributed by atoms with Crippen molar-refractivity contribution in [2.24, 2.45) is 0 Å². The van der Waals surface area contributed by atoms with E-state index in [0.717, 1.165) is 25.8 Å². The maximum atomic E-state index is 12.4. The number of aromatic nitrogens is 1. The van der Waals surface area contributed by atoms with Crippen LogP contribution in [0, 0.1) is 13.8 Å². The molecule has 1 aromatic heterocycles. The highest BCUT2D eigenvalue weighted by atomic mass is 16.2. The van der Waals surface area contributed by atoms with Crippen molar-refractivity contribution in [1.29, 1.82) is 0 Å². The van der Waals surface area contributed by atoms with Crippen LogP contribution in [-0.2, 0) is 17.8 Å². The maximum Gasteiger partial charge on any atom is 0.237 e. The van der Waals surface area contributed by atoms with E-state index in [1.807, 2.05) is 7.05 Å². The zero-order valence-electron chi connectivity index (χ0n) is 14.6. The van der Waals surface area contributed by atoms with Crippen molar-refractivity contribution < 1.29 is 4.79 Å². The highest BCUT2D eigenvalue weighted by Crippen LogP contribution is 2.27. The van der Waals surface area contributed by atoms with Crippen molar-refractivity contribution in [2.45, 2.75) is 52.6 Å². The van der Waals surface area contributed by atoms with E-state index in [4.69, 9.17) is 0 Å². The summed E-state index contributed by atoms with van der Waals surface area (Å²) in [7, 11) is 2.03. The van der Waals surface area contributed by atoms with Crippen molar-refractivity contribution in [3.05, 3.63) is 34.5 Å².